The van der Waals surface area contributed by atoms with Gasteiger partial charge in [-0.25, -0.2) is 9.18 Å². The lowest BCUT2D eigenvalue weighted by molar-refractivity contribution is 0.105. The maximum Gasteiger partial charge on any atom is 0.409 e. The van der Waals surface area contributed by atoms with Crippen LogP contribution in [-0.2, 0) is 11.3 Å². The van der Waals surface area contributed by atoms with Crippen molar-refractivity contribution < 1.29 is 19.0 Å². The molecule has 5 nitrogen and oxygen atoms in total. The Morgan fingerprint density at radius 1 is 1.30 bits per heavy atom. The number of benzene rings is 1. The van der Waals surface area contributed by atoms with Crippen LogP contribution in [0.4, 0.5) is 14.9 Å². The first-order valence-electron chi connectivity index (χ1n) is 6.71. The van der Waals surface area contributed by atoms with Crippen LogP contribution in [0, 0.1) is 5.82 Å². The Morgan fingerprint density at radius 3 is 2.60 bits per heavy atom. The Labute approximate surface area is 117 Å². The zero-order valence-electron chi connectivity index (χ0n) is 11.5. The lowest BCUT2D eigenvalue weighted by Crippen LogP contribution is -2.49. The number of nitrogens with zero attached hydrogens (tertiary/aromatic N) is 2. The lowest BCUT2D eigenvalue weighted by Gasteiger charge is -2.35. The third kappa shape index (κ3) is 3.39. The first-order chi connectivity index (χ1) is 9.63. The molecule has 0 atom stereocenters. The van der Waals surface area contributed by atoms with Crippen molar-refractivity contribution in [1.82, 2.24) is 4.90 Å². The summed E-state index contributed by atoms with van der Waals surface area (Å²) in [4.78, 5) is 15.2. The van der Waals surface area contributed by atoms with Gasteiger partial charge in [0, 0.05) is 31.9 Å². The molecular formula is C14H19FN2O3. The molecule has 1 heterocycles. The molecule has 1 saturated heterocycles. The molecule has 1 fully saturated rings. The minimum atomic E-state index is -0.362. The van der Waals surface area contributed by atoms with Crippen molar-refractivity contribution in [2.24, 2.45) is 0 Å². The molecule has 0 spiro atoms. The van der Waals surface area contributed by atoms with Crippen LogP contribution in [0.1, 0.15) is 12.5 Å². The van der Waals surface area contributed by atoms with Crippen LogP contribution in [-0.4, -0.2) is 48.9 Å². The Bertz CT molecular complexity index is 473. The number of amides is 1. The van der Waals surface area contributed by atoms with E-state index in [1.54, 1.807) is 17.9 Å². The van der Waals surface area contributed by atoms with Crippen LogP contribution >= 0.6 is 0 Å². The SMILES string of the molecule is CCOC(=O)N1CCN(c2cc(F)cc(CO)c2)CC1. The highest BCUT2D eigenvalue weighted by molar-refractivity contribution is 5.68. The van der Waals surface area contributed by atoms with E-state index in [4.69, 9.17) is 9.84 Å². The number of aliphatic hydroxyl groups excluding tert-OH is 1. The topological polar surface area (TPSA) is 53.0 Å². The Balaban J connectivity index is 2.00. The van der Waals surface area contributed by atoms with Gasteiger partial charge in [0.2, 0.25) is 0 Å². The number of hydrogen-bond acceptors (Lipinski definition) is 4. The maximum absolute atomic E-state index is 13.5. The number of anilines is 1. The highest BCUT2D eigenvalue weighted by atomic mass is 19.1. The predicted molar refractivity (Wildman–Crippen MR) is 73.1 cm³/mol. The van der Waals surface area contributed by atoms with Crippen LogP contribution in [0.2, 0.25) is 0 Å². The zero-order chi connectivity index (χ0) is 14.5. The average molecular weight is 282 g/mol. The monoisotopic (exact) mass is 282 g/mol. The Morgan fingerprint density at radius 2 is 2.00 bits per heavy atom. The standard InChI is InChI=1S/C14H19FN2O3/c1-2-20-14(19)17-5-3-16(4-6-17)13-8-11(10-18)7-12(15)9-13/h7-9,18H,2-6,10H2,1H3. The van der Waals surface area contributed by atoms with Gasteiger partial charge >= 0.3 is 6.09 Å². The molecule has 6 heteroatoms. The first-order valence-corrected chi connectivity index (χ1v) is 6.71. The van der Waals surface area contributed by atoms with Gasteiger partial charge in [0.05, 0.1) is 13.2 Å². The number of rotatable bonds is 3. The van der Waals surface area contributed by atoms with E-state index in [1.165, 1.54) is 12.1 Å². The van der Waals surface area contributed by atoms with E-state index < -0.39 is 0 Å². The third-order valence-electron chi connectivity index (χ3n) is 3.30. The van der Waals surface area contributed by atoms with Crippen molar-refractivity contribution in [1.29, 1.82) is 0 Å². The summed E-state index contributed by atoms with van der Waals surface area (Å²) in [5.41, 5.74) is 1.28. The molecule has 0 bridgehead atoms. The quantitative estimate of drug-likeness (QED) is 0.915. The largest absolute Gasteiger partial charge is 0.450 e. The normalized spacial score (nSPS) is 15.3. The molecule has 0 aliphatic carbocycles. The molecule has 1 aromatic carbocycles. The summed E-state index contributed by atoms with van der Waals surface area (Å²) < 4.78 is 18.4. The van der Waals surface area contributed by atoms with E-state index in [1.807, 2.05) is 4.90 Å². The second-order valence-corrected chi connectivity index (χ2v) is 4.65. The summed E-state index contributed by atoms with van der Waals surface area (Å²) in [6.45, 7) is 4.28. The number of aliphatic hydroxyl groups is 1. The fraction of sp³-hybridized carbons (Fsp3) is 0.500. The second kappa shape index (κ2) is 6.56. The average Bonchev–Trinajstić information content (AvgIpc) is 2.47. The molecule has 0 unspecified atom stereocenters. The summed E-state index contributed by atoms with van der Waals surface area (Å²) in [6.07, 6.45) is -0.303. The Kier molecular flexibility index (Phi) is 4.79. The molecule has 0 radical (unpaired) electrons. The summed E-state index contributed by atoms with van der Waals surface area (Å²) >= 11 is 0. The van der Waals surface area contributed by atoms with Gasteiger partial charge in [-0.15, -0.1) is 0 Å². The maximum atomic E-state index is 13.5. The number of ether oxygens (including phenoxy) is 1. The van der Waals surface area contributed by atoms with Gasteiger partial charge in [-0.2, -0.15) is 0 Å². The zero-order valence-corrected chi connectivity index (χ0v) is 11.5. The number of carbonyl (C=O) groups is 1. The molecule has 0 saturated carbocycles. The smallest absolute Gasteiger partial charge is 0.409 e. The van der Waals surface area contributed by atoms with Gasteiger partial charge in [0.1, 0.15) is 5.82 Å². The summed E-state index contributed by atoms with van der Waals surface area (Å²) in [5, 5.41) is 9.10. The van der Waals surface area contributed by atoms with Crippen molar-refractivity contribution in [3.05, 3.63) is 29.6 Å². The molecule has 1 N–H and O–H groups in total. The predicted octanol–water partition coefficient (Wildman–Crippen LogP) is 1.60. The molecule has 2 rings (SSSR count). The second-order valence-electron chi connectivity index (χ2n) is 4.65. The van der Waals surface area contributed by atoms with Gasteiger partial charge in [0.15, 0.2) is 0 Å². The first kappa shape index (κ1) is 14.6. The van der Waals surface area contributed by atoms with Crippen LogP contribution in [0.3, 0.4) is 0 Å². The van der Waals surface area contributed by atoms with Crippen molar-refractivity contribution in [3.8, 4) is 0 Å². The van der Waals surface area contributed by atoms with Crippen molar-refractivity contribution >= 4 is 11.8 Å². The highest BCUT2D eigenvalue weighted by Gasteiger charge is 2.22. The van der Waals surface area contributed by atoms with Crippen molar-refractivity contribution in [3.63, 3.8) is 0 Å². The fourth-order valence-electron chi connectivity index (χ4n) is 2.27. The number of hydrogen-bond donors (Lipinski definition) is 1. The highest BCUT2D eigenvalue weighted by Crippen LogP contribution is 2.20. The molecule has 1 aliphatic rings. The van der Waals surface area contributed by atoms with Gasteiger partial charge in [-0.05, 0) is 30.7 Å². The molecule has 0 aromatic heterocycles. The van der Waals surface area contributed by atoms with Gasteiger partial charge in [0.25, 0.3) is 0 Å². The van der Waals surface area contributed by atoms with E-state index in [0.717, 1.165) is 5.69 Å². The van der Waals surface area contributed by atoms with Gasteiger partial charge in [-0.3, -0.25) is 0 Å². The van der Waals surface area contributed by atoms with Gasteiger partial charge < -0.3 is 19.6 Å². The molecule has 1 aliphatic heterocycles. The fourth-order valence-corrected chi connectivity index (χ4v) is 2.27. The summed E-state index contributed by atoms with van der Waals surface area (Å²) in [5.74, 6) is -0.362. The van der Waals surface area contributed by atoms with Crippen LogP contribution < -0.4 is 4.90 Å². The summed E-state index contributed by atoms with van der Waals surface area (Å²) in [7, 11) is 0. The summed E-state index contributed by atoms with van der Waals surface area (Å²) in [6, 6.07) is 4.53. The molecule has 1 aromatic rings. The van der Waals surface area contributed by atoms with Gasteiger partial charge in [-0.1, -0.05) is 0 Å². The minimum Gasteiger partial charge on any atom is -0.450 e. The Hall–Kier alpha value is -1.82. The van der Waals surface area contributed by atoms with Crippen LogP contribution in [0.15, 0.2) is 18.2 Å². The molecular weight excluding hydrogens is 263 g/mol. The van der Waals surface area contributed by atoms with E-state index in [-0.39, 0.29) is 18.5 Å². The minimum absolute atomic E-state index is 0.187. The van der Waals surface area contributed by atoms with Crippen molar-refractivity contribution in [2.75, 3.05) is 37.7 Å². The van der Waals surface area contributed by atoms with Crippen LogP contribution in [0.5, 0.6) is 0 Å². The van der Waals surface area contributed by atoms with E-state index >= 15 is 0 Å². The third-order valence-corrected chi connectivity index (χ3v) is 3.30. The van der Waals surface area contributed by atoms with Crippen LogP contribution in [0.25, 0.3) is 0 Å². The lowest BCUT2D eigenvalue weighted by atomic mass is 10.1. The molecule has 110 valence electrons. The molecule has 1 amide bonds. The molecule has 20 heavy (non-hydrogen) atoms. The van der Waals surface area contributed by atoms with Crippen molar-refractivity contribution in [2.45, 2.75) is 13.5 Å². The van der Waals surface area contributed by atoms with E-state index in [2.05, 4.69) is 0 Å². The van der Waals surface area contributed by atoms with E-state index in [9.17, 15) is 9.18 Å². The number of piperazine rings is 1. The number of carbonyl (C=O) groups excluding carboxylic acids is 1. The number of halogens is 1. The van der Waals surface area contributed by atoms with E-state index in [0.29, 0.717) is 38.3 Å².